The molecule has 5 nitrogen and oxygen atoms in total. The number of non-ortho nitro benzene ring substituents is 1. The third kappa shape index (κ3) is 6.83. The van der Waals surface area contributed by atoms with E-state index in [0.29, 0.717) is 12.4 Å². The fraction of sp³-hybridized carbons (Fsp3) is 0.385. The maximum atomic E-state index is 10.5. The van der Waals surface area contributed by atoms with Gasteiger partial charge in [-0.25, -0.2) is 0 Å². The molecule has 1 aromatic rings. The highest BCUT2D eigenvalue weighted by atomic mass is 32.2. The monoisotopic (exact) mass is 282 g/mol. The van der Waals surface area contributed by atoms with E-state index in [4.69, 9.17) is 4.74 Å². The van der Waals surface area contributed by atoms with Crippen molar-refractivity contribution in [2.45, 2.75) is 0 Å². The Morgan fingerprint density at radius 2 is 2.11 bits per heavy atom. The van der Waals surface area contributed by atoms with Gasteiger partial charge < -0.3 is 10.1 Å². The van der Waals surface area contributed by atoms with E-state index in [1.807, 2.05) is 17.8 Å². The zero-order valence-corrected chi connectivity index (χ0v) is 11.5. The quantitative estimate of drug-likeness (QED) is 0.309. The van der Waals surface area contributed by atoms with E-state index in [-0.39, 0.29) is 5.69 Å². The lowest BCUT2D eigenvalue weighted by Crippen LogP contribution is -2.23. The van der Waals surface area contributed by atoms with Crippen molar-refractivity contribution in [1.29, 1.82) is 0 Å². The van der Waals surface area contributed by atoms with Crippen molar-refractivity contribution in [2.24, 2.45) is 0 Å². The van der Waals surface area contributed by atoms with Crippen molar-refractivity contribution in [1.82, 2.24) is 5.32 Å². The first-order valence-electron chi connectivity index (χ1n) is 6.00. The fourth-order valence-corrected chi connectivity index (χ4v) is 1.96. The van der Waals surface area contributed by atoms with Gasteiger partial charge in [0.2, 0.25) is 0 Å². The minimum Gasteiger partial charge on any atom is -0.492 e. The molecule has 104 valence electrons. The van der Waals surface area contributed by atoms with Crippen LogP contribution in [0.15, 0.2) is 36.9 Å². The zero-order chi connectivity index (χ0) is 13.9. The summed E-state index contributed by atoms with van der Waals surface area (Å²) in [5, 5.41) is 13.7. The van der Waals surface area contributed by atoms with Crippen molar-refractivity contribution in [3.05, 3.63) is 47.0 Å². The normalized spacial score (nSPS) is 10.1. The van der Waals surface area contributed by atoms with Gasteiger partial charge in [0.15, 0.2) is 0 Å². The summed E-state index contributed by atoms with van der Waals surface area (Å²) < 4.78 is 5.46. The van der Waals surface area contributed by atoms with Gasteiger partial charge in [-0.15, -0.1) is 6.58 Å². The van der Waals surface area contributed by atoms with Crippen LogP contribution in [0, 0.1) is 10.1 Å². The minimum atomic E-state index is -0.424. The summed E-state index contributed by atoms with van der Waals surface area (Å²) >= 11 is 1.83. The first kappa shape index (κ1) is 15.5. The average molecular weight is 282 g/mol. The largest absolute Gasteiger partial charge is 0.492 e. The van der Waals surface area contributed by atoms with Crippen LogP contribution in [-0.2, 0) is 0 Å². The molecule has 1 N–H and O–H groups in total. The predicted octanol–water partition coefficient (Wildman–Crippen LogP) is 2.48. The highest BCUT2D eigenvalue weighted by molar-refractivity contribution is 7.99. The van der Waals surface area contributed by atoms with Gasteiger partial charge in [0.1, 0.15) is 12.4 Å². The molecule has 0 aliphatic heterocycles. The molecule has 0 aliphatic carbocycles. The van der Waals surface area contributed by atoms with Crippen LogP contribution in [0.25, 0.3) is 0 Å². The number of rotatable bonds is 10. The molecule has 0 atom stereocenters. The SMILES string of the molecule is C=CCSCCNCCOc1ccc([N+](=O)[O-])cc1. The van der Waals surface area contributed by atoms with Crippen molar-refractivity contribution in [3.63, 3.8) is 0 Å². The summed E-state index contributed by atoms with van der Waals surface area (Å²) in [5.74, 6) is 2.67. The molecule has 1 aromatic carbocycles. The van der Waals surface area contributed by atoms with E-state index in [2.05, 4.69) is 11.9 Å². The van der Waals surface area contributed by atoms with Gasteiger partial charge in [0, 0.05) is 36.7 Å². The third-order valence-corrected chi connectivity index (χ3v) is 3.22. The van der Waals surface area contributed by atoms with Crippen molar-refractivity contribution in [3.8, 4) is 5.75 Å². The smallest absolute Gasteiger partial charge is 0.269 e. The van der Waals surface area contributed by atoms with E-state index in [1.165, 1.54) is 12.1 Å². The lowest BCUT2D eigenvalue weighted by Gasteiger charge is -2.07. The van der Waals surface area contributed by atoms with Crippen LogP contribution in [-0.4, -0.2) is 36.1 Å². The Balaban J connectivity index is 2.09. The second kappa shape index (κ2) is 9.41. The number of nitro groups is 1. The Morgan fingerprint density at radius 3 is 2.74 bits per heavy atom. The molecule has 0 spiro atoms. The lowest BCUT2D eigenvalue weighted by atomic mass is 10.3. The molecule has 0 saturated carbocycles. The standard InChI is InChI=1S/C13H18N2O3S/c1-2-10-19-11-8-14-7-9-18-13-5-3-12(4-6-13)15(16)17/h2-6,14H,1,7-11H2. The second-order valence-electron chi connectivity index (χ2n) is 3.71. The average Bonchev–Trinajstić information content (AvgIpc) is 2.42. The van der Waals surface area contributed by atoms with Gasteiger partial charge in [0.05, 0.1) is 4.92 Å². The van der Waals surface area contributed by atoms with Crippen LogP contribution < -0.4 is 10.1 Å². The Labute approximate surface area is 117 Å². The molecule has 1 rings (SSSR count). The summed E-state index contributed by atoms with van der Waals surface area (Å²) in [4.78, 5) is 10.0. The summed E-state index contributed by atoms with van der Waals surface area (Å²) in [5.41, 5.74) is 0.0738. The molecule has 0 aliphatic rings. The Bertz CT molecular complexity index is 395. The third-order valence-electron chi connectivity index (χ3n) is 2.25. The molecule has 0 bridgehead atoms. The maximum absolute atomic E-state index is 10.5. The molecule has 0 fully saturated rings. The van der Waals surface area contributed by atoms with E-state index in [1.54, 1.807) is 12.1 Å². The molecule has 0 heterocycles. The first-order chi connectivity index (χ1) is 9.24. The van der Waals surface area contributed by atoms with Gasteiger partial charge >= 0.3 is 0 Å². The highest BCUT2D eigenvalue weighted by Crippen LogP contribution is 2.16. The Morgan fingerprint density at radius 1 is 1.37 bits per heavy atom. The van der Waals surface area contributed by atoms with Crippen molar-refractivity contribution < 1.29 is 9.66 Å². The molecule has 0 amide bonds. The number of nitro benzene ring substituents is 1. The van der Waals surface area contributed by atoms with Crippen LogP contribution in [0.4, 0.5) is 5.69 Å². The van der Waals surface area contributed by atoms with Gasteiger partial charge in [-0.1, -0.05) is 6.08 Å². The topological polar surface area (TPSA) is 64.4 Å². The molecule has 19 heavy (non-hydrogen) atoms. The maximum Gasteiger partial charge on any atom is 0.269 e. The molecular weight excluding hydrogens is 264 g/mol. The van der Waals surface area contributed by atoms with E-state index < -0.39 is 4.92 Å². The van der Waals surface area contributed by atoms with Gasteiger partial charge in [-0.2, -0.15) is 11.8 Å². The first-order valence-corrected chi connectivity index (χ1v) is 7.16. The second-order valence-corrected chi connectivity index (χ2v) is 4.86. The summed E-state index contributed by atoms with van der Waals surface area (Å²) in [6.07, 6.45) is 1.89. The number of hydrogen-bond donors (Lipinski definition) is 1. The Hall–Kier alpha value is -1.53. The van der Waals surface area contributed by atoms with Crippen LogP contribution in [0.3, 0.4) is 0 Å². The molecule has 0 saturated heterocycles. The fourth-order valence-electron chi connectivity index (χ4n) is 1.34. The number of benzene rings is 1. The van der Waals surface area contributed by atoms with Crippen LogP contribution in [0.1, 0.15) is 0 Å². The molecule has 0 aromatic heterocycles. The molecular formula is C13H18N2O3S. The summed E-state index contributed by atoms with van der Waals surface area (Å²) in [7, 11) is 0. The van der Waals surface area contributed by atoms with E-state index in [9.17, 15) is 10.1 Å². The van der Waals surface area contributed by atoms with Gasteiger partial charge in [0.25, 0.3) is 5.69 Å². The molecule has 0 radical (unpaired) electrons. The lowest BCUT2D eigenvalue weighted by molar-refractivity contribution is -0.384. The molecule has 6 heteroatoms. The number of thioether (sulfide) groups is 1. The van der Waals surface area contributed by atoms with E-state index in [0.717, 1.165) is 24.6 Å². The number of ether oxygens (including phenoxy) is 1. The summed E-state index contributed by atoms with van der Waals surface area (Å²) in [6.45, 7) is 5.89. The predicted molar refractivity (Wildman–Crippen MR) is 79.0 cm³/mol. The zero-order valence-electron chi connectivity index (χ0n) is 10.7. The van der Waals surface area contributed by atoms with Crippen LogP contribution in [0.5, 0.6) is 5.75 Å². The van der Waals surface area contributed by atoms with Crippen LogP contribution >= 0.6 is 11.8 Å². The van der Waals surface area contributed by atoms with Crippen LogP contribution in [0.2, 0.25) is 0 Å². The summed E-state index contributed by atoms with van der Waals surface area (Å²) in [6, 6.07) is 6.10. The number of nitrogens with zero attached hydrogens (tertiary/aromatic N) is 1. The minimum absolute atomic E-state index is 0.0738. The number of nitrogens with one attached hydrogen (secondary N) is 1. The Kier molecular flexibility index (Phi) is 7.69. The highest BCUT2D eigenvalue weighted by Gasteiger charge is 2.03. The van der Waals surface area contributed by atoms with Gasteiger partial charge in [-0.3, -0.25) is 10.1 Å². The number of hydrogen-bond acceptors (Lipinski definition) is 5. The van der Waals surface area contributed by atoms with Gasteiger partial charge in [-0.05, 0) is 12.1 Å². The molecule has 0 unspecified atom stereocenters. The van der Waals surface area contributed by atoms with Crippen molar-refractivity contribution >= 4 is 17.4 Å². The van der Waals surface area contributed by atoms with Crippen molar-refractivity contribution in [2.75, 3.05) is 31.2 Å². The van der Waals surface area contributed by atoms with E-state index >= 15 is 0 Å².